The standard InChI is InChI=1S/C8H13N3/c9-4-1-2-7-3-5-11-8(10)6-7/h3,5-6H,1-2,4,9H2,(H2,10,11). The average molecular weight is 151 g/mol. The van der Waals surface area contributed by atoms with Crippen molar-refractivity contribution in [1.29, 1.82) is 0 Å². The van der Waals surface area contributed by atoms with Gasteiger partial charge in [0.2, 0.25) is 0 Å². The highest BCUT2D eigenvalue weighted by Gasteiger charge is 1.92. The topological polar surface area (TPSA) is 64.9 Å². The van der Waals surface area contributed by atoms with Gasteiger partial charge in [-0.15, -0.1) is 0 Å². The summed E-state index contributed by atoms with van der Waals surface area (Å²) in [5, 5.41) is 0. The molecule has 60 valence electrons. The van der Waals surface area contributed by atoms with Gasteiger partial charge in [-0.05, 0) is 37.1 Å². The lowest BCUT2D eigenvalue weighted by Gasteiger charge is -1.99. The third-order valence-electron chi connectivity index (χ3n) is 1.52. The Hall–Kier alpha value is -1.09. The molecule has 0 radical (unpaired) electrons. The van der Waals surface area contributed by atoms with Crippen molar-refractivity contribution in [1.82, 2.24) is 4.98 Å². The Labute approximate surface area is 66.4 Å². The van der Waals surface area contributed by atoms with E-state index in [1.807, 2.05) is 12.1 Å². The molecule has 0 unspecified atom stereocenters. The van der Waals surface area contributed by atoms with Gasteiger partial charge in [0.15, 0.2) is 0 Å². The molecule has 0 amide bonds. The second kappa shape index (κ2) is 3.93. The molecule has 0 spiro atoms. The van der Waals surface area contributed by atoms with Gasteiger partial charge >= 0.3 is 0 Å². The van der Waals surface area contributed by atoms with E-state index in [0.717, 1.165) is 19.4 Å². The maximum absolute atomic E-state index is 5.49. The number of rotatable bonds is 3. The number of anilines is 1. The number of nitrogens with zero attached hydrogens (tertiary/aromatic N) is 1. The molecule has 1 aromatic rings. The zero-order chi connectivity index (χ0) is 8.10. The molecule has 4 N–H and O–H groups in total. The summed E-state index contributed by atoms with van der Waals surface area (Å²) < 4.78 is 0. The number of aromatic nitrogens is 1. The SMILES string of the molecule is NCCCc1ccnc(N)c1. The molecule has 0 aliphatic carbocycles. The van der Waals surface area contributed by atoms with Gasteiger partial charge in [0, 0.05) is 6.20 Å². The molecular weight excluding hydrogens is 138 g/mol. The van der Waals surface area contributed by atoms with Crippen LogP contribution in [-0.2, 0) is 6.42 Å². The molecule has 0 aliphatic rings. The van der Waals surface area contributed by atoms with E-state index in [2.05, 4.69) is 4.98 Å². The van der Waals surface area contributed by atoms with Crippen molar-refractivity contribution in [2.75, 3.05) is 12.3 Å². The molecule has 1 rings (SSSR count). The zero-order valence-electron chi connectivity index (χ0n) is 6.46. The summed E-state index contributed by atoms with van der Waals surface area (Å²) in [5.74, 6) is 0.583. The molecule has 0 aliphatic heterocycles. The number of nitrogens with two attached hydrogens (primary N) is 2. The Morgan fingerprint density at radius 1 is 1.45 bits per heavy atom. The molecule has 0 fully saturated rings. The van der Waals surface area contributed by atoms with Crippen LogP contribution in [0, 0.1) is 0 Å². The Balaban J connectivity index is 2.56. The first kappa shape index (κ1) is 8.01. The fourth-order valence-electron chi connectivity index (χ4n) is 0.956. The maximum Gasteiger partial charge on any atom is 0.123 e. The van der Waals surface area contributed by atoms with Crippen molar-refractivity contribution < 1.29 is 0 Å². The largest absolute Gasteiger partial charge is 0.384 e. The molecule has 0 saturated carbocycles. The molecular formula is C8H13N3. The van der Waals surface area contributed by atoms with E-state index in [4.69, 9.17) is 11.5 Å². The van der Waals surface area contributed by atoms with Gasteiger partial charge in [-0.3, -0.25) is 0 Å². The van der Waals surface area contributed by atoms with Gasteiger partial charge in [0.25, 0.3) is 0 Å². The van der Waals surface area contributed by atoms with E-state index >= 15 is 0 Å². The van der Waals surface area contributed by atoms with Crippen LogP contribution in [-0.4, -0.2) is 11.5 Å². The van der Waals surface area contributed by atoms with E-state index in [-0.39, 0.29) is 0 Å². The molecule has 3 heteroatoms. The van der Waals surface area contributed by atoms with Crippen LogP contribution in [0.2, 0.25) is 0 Å². The van der Waals surface area contributed by atoms with Gasteiger partial charge in [-0.2, -0.15) is 0 Å². The highest BCUT2D eigenvalue weighted by atomic mass is 14.8. The number of pyridine rings is 1. The van der Waals surface area contributed by atoms with Crippen molar-refractivity contribution in [3.05, 3.63) is 23.9 Å². The molecule has 11 heavy (non-hydrogen) atoms. The molecule has 1 heterocycles. The molecule has 0 aromatic carbocycles. The molecule has 1 aromatic heterocycles. The number of hydrogen-bond donors (Lipinski definition) is 2. The van der Waals surface area contributed by atoms with Crippen molar-refractivity contribution in [3.8, 4) is 0 Å². The minimum Gasteiger partial charge on any atom is -0.384 e. The van der Waals surface area contributed by atoms with Crippen molar-refractivity contribution in [3.63, 3.8) is 0 Å². The lowest BCUT2D eigenvalue weighted by molar-refractivity contribution is 0.831. The Morgan fingerprint density at radius 3 is 2.91 bits per heavy atom. The van der Waals surface area contributed by atoms with Crippen LogP contribution >= 0.6 is 0 Å². The van der Waals surface area contributed by atoms with Crippen LogP contribution in [0.5, 0.6) is 0 Å². The van der Waals surface area contributed by atoms with E-state index in [1.54, 1.807) is 6.20 Å². The maximum atomic E-state index is 5.49. The third-order valence-corrected chi connectivity index (χ3v) is 1.52. The smallest absolute Gasteiger partial charge is 0.123 e. The molecule has 0 saturated heterocycles. The summed E-state index contributed by atoms with van der Waals surface area (Å²) in [7, 11) is 0. The van der Waals surface area contributed by atoms with Crippen LogP contribution in [0.4, 0.5) is 5.82 Å². The summed E-state index contributed by atoms with van der Waals surface area (Å²) in [6, 6.07) is 3.85. The molecule has 0 atom stereocenters. The second-order valence-corrected chi connectivity index (χ2v) is 2.48. The zero-order valence-corrected chi connectivity index (χ0v) is 6.46. The lowest BCUT2D eigenvalue weighted by atomic mass is 10.1. The minimum absolute atomic E-state index is 0.583. The predicted molar refractivity (Wildman–Crippen MR) is 46.0 cm³/mol. The summed E-state index contributed by atoms with van der Waals surface area (Å²) in [4.78, 5) is 3.89. The monoisotopic (exact) mass is 151 g/mol. The van der Waals surface area contributed by atoms with Crippen molar-refractivity contribution >= 4 is 5.82 Å². The van der Waals surface area contributed by atoms with Crippen LogP contribution < -0.4 is 11.5 Å². The number of nitrogen functional groups attached to an aromatic ring is 1. The Morgan fingerprint density at radius 2 is 2.27 bits per heavy atom. The fourth-order valence-corrected chi connectivity index (χ4v) is 0.956. The number of hydrogen-bond acceptors (Lipinski definition) is 3. The van der Waals surface area contributed by atoms with Crippen molar-refractivity contribution in [2.45, 2.75) is 12.8 Å². The summed E-state index contributed by atoms with van der Waals surface area (Å²) in [6.07, 6.45) is 3.72. The first-order valence-corrected chi connectivity index (χ1v) is 3.73. The highest BCUT2D eigenvalue weighted by Crippen LogP contribution is 2.04. The van der Waals surface area contributed by atoms with Crippen molar-refractivity contribution in [2.24, 2.45) is 5.73 Å². The van der Waals surface area contributed by atoms with Gasteiger partial charge in [0.1, 0.15) is 5.82 Å². The van der Waals surface area contributed by atoms with Gasteiger partial charge in [-0.25, -0.2) is 4.98 Å². The highest BCUT2D eigenvalue weighted by molar-refractivity contribution is 5.31. The van der Waals surface area contributed by atoms with Gasteiger partial charge in [-0.1, -0.05) is 0 Å². The van der Waals surface area contributed by atoms with Crippen LogP contribution in [0.3, 0.4) is 0 Å². The molecule has 3 nitrogen and oxygen atoms in total. The first-order chi connectivity index (χ1) is 5.33. The average Bonchev–Trinajstić information content (AvgIpc) is 2.01. The Kier molecular flexibility index (Phi) is 2.86. The van der Waals surface area contributed by atoms with Gasteiger partial charge in [0.05, 0.1) is 0 Å². The predicted octanol–water partition coefficient (Wildman–Crippen LogP) is 0.555. The summed E-state index contributed by atoms with van der Waals surface area (Å²) in [5.41, 5.74) is 12.1. The minimum atomic E-state index is 0.583. The van der Waals surface area contributed by atoms with Crippen LogP contribution in [0.1, 0.15) is 12.0 Å². The first-order valence-electron chi connectivity index (χ1n) is 3.73. The Bertz CT molecular complexity index is 222. The van der Waals surface area contributed by atoms with Gasteiger partial charge < -0.3 is 11.5 Å². The van der Waals surface area contributed by atoms with E-state index in [0.29, 0.717) is 5.82 Å². The van der Waals surface area contributed by atoms with E-state index < -0.39 is 0 Å². The summed E-state index contributed by atoms with van der Waals surface area (Å²) >= 11 is 0. The number of aryl methyl sites for hydroxylation is 1. The fraction of sp³-hybridized carbons (Fsp3) is 0.375. The van der Waals surface area contributed by atoms with E-state index in [9.17, 15) is 0 Å². The van der Waals surface area contributed by atoms with E-state index in [1.165, 1.54) is 5.56 Å². The third kappa shape index (κ3) is 2.55. The summed E-state index contributed by atoms with van der Waals surface area (Å²) in [6.45, 7) is 0.724. The second-order valence-electron chi connectivity index (χ2n) is 2.48. The lowest BCUT2D eigenvalue weighted by Crippen LogP contribution is -2.01. The normalized spacial score (nSPS) is 9.91. The molecule has 0 bridgehead atoms. The quantitative estimate of drug-likeness (QED) is 0.663. The van der Waals surface area contributed by atoms with Crippen LogP contribution in [0.15, 0.2) is 18.3 Å². The van der Waals surface area contributed by atoms with Crippen LogP contribution in [0.25, 0.3) is 0 Å².